The molecule has 0 unspecified atom stereocenters. The van der Waals surface area contributed by atoms with Crippen LogP contribution in [0.2, 0.25) is 0 Å². The lowest BCUT2D eigenvalue weighted by Crippen LogP contribution is -2.52. The Labute approximate surface area is 175 Å². The molecule has 0 bridgehead atoms. The maximum Gasteiger partial charge on any atom is 0.242 e. The van der Waals surface area contributed by atoms with Crippen molar-refractivity contribution < 1.29 is 14.2 Å². The number of nitrogens with zero attached hydrogens (tertiary/aromatic N) is 4. The molecule has 30 heavy (non-hydrogen) atoms. The second-order valence-corrected chi connectivity index (χ2v) is 8.39. The first kappa shape index (κ1) is 20.1. The minimum Gasteiger partial charge on any atom is -0.350 e. The molecule has 1 aliphatic rings. The van der Waals surface area contributed by atoms with Crippen molar-refractivity contribution in [1.29, 1.82) is 0 Å². The number of para-hydroxylation sites is 1. The van der Waals surface area contributed by atoms with Crippen LogP contribution in [0.3, 0.4) is 0 Å². The van der Waals surface area contributed by atoms with Crippen LogP contribution in [0.1, 0.15) is 36.8 Å². The molecule has 1 aliphatic heterocycles. The van der Waals surface area contributed by atoms with Gasteiger partial charge in [0.05, 0.1) is 12.0 Å². The Bertz CT molecular complexity index is 1090. The third-order valence-electron chi connectivity index (χ3n) is 6.07. The Hall–Kier alpha value is -3.16. The first-order valence-corrected chi connectivity index (χ1v) is 10.3. The molecule has 0 radical (unpaired) electrons. The van der Waals surface area contributed by atoms with E-state index >= 15 is 0 Å². The van der Waals surface area contributed by atoms with E-state index in [2.05, 4.69) is 32.4 Å². The number of carbonyl (C=O) groups excluding carboxylic acids is 2. The molecule has 8 nitrogen and oxygen atoms in total. The molecule has 1 aromatic carbocycles. The van der Waals surface area contributed by atoms with E-state index in [1.54, 1.807) is 6.92 Å². The average Bonchev–Trinajstić information content (AvgIpc) is 3.28. The largest absolute Gasteiger partial charge is 0.350 e. The summed E-state index contributed by atoms with van der Waals surface area (Å²) in [6.45, 7) is 7.35. The van der Waals surface area contributed by atoms with Gasteiger partial charge in [-0.15, -0.1) is 0 Å². The topological polar surface area (TPSA) is 93.3 Å². The normalized spacial score (nSPS) is 19.2. The summed E-state index contributed by atoms with van der Waals surface area (Å²) in [6.07, 6.45) is 1.54. The van der Waals surface area contributed by atoms with Crippen molar-refractivity contribution in [2.75, 3.05) is 13.1 Å². The van der Waals surface area contributed by atoms with Gasteiger partial charge < -0.3 is 14.8 Å². The number of rotatable bonds is 5. The zero-order valence-electron chi connectivity index (χ0n) is 17.6. The van der Waals surface area contributed by atoms with Gasteiger partial charge in [0.25, 0.3) is 0 Å². The molecule has 3 heterocycles. The lowest BCUT2D eigenvalue weighted by molar-refractivity contribution is -0.141. The number of hydrogen-bond acceptors (Lipinski definition) is 5. The first-order chi connectivity index (χ1) is 14.4. The van der Waals surface area contributed by atoms with Crippen molar-refractivity contribution in [2.24, 2.45) is 5.41 Å². The van der Waals surface area contributed by atoms with E-state index in [9.17, 15) is 9.59 Å². The fourth-order valence-electron chi connectivity index (χ4n) is 4.22. The van der Waals surface area contributed by atoms with E-state index in [-0.39, 0.29) is 24.9 Å². The van der Waals surface area contributed by atoms with Crippen molar-refractivity contribution in [3.63, 3.8) is 0 Å². The van der Waals surface area contributed by atoms with Crippen molar-refractivity contribution in [1.82, 2.24) is 25.1 Å². The van der Waals surface area contributed by atoms with Gasteiger partial charge in [-0.25, -0.2) is 4.63 Å². The van der Waals surface area contributed by atoms with Crippen LogP contribution < -0.4 is 5.32 Å². The first-order valence-electron chi connectivity index (χ1n) is 10.3. The molecule has 1 atom stereocenters. The number of hydrogen-bond donors (Lipinski definition) is 1. The van der Waals surface area contributed by atoms with Crippen molar-refractivity contribution in [2.45, 2.75) is 46.7 Å². The lowest BCUT2D eigenvalue weighted by atomic mass is 9.81. The summed E-state index contributed by atoms with van der Waals surface area (Å²) in [5, 5.41) is 11.6. The summed E-state index contributed by atoms with van der Waals surface area (Å²) >= 11 is 0. The minimum atomic E-state index is -0.632. The summed E-state index contributed by atoms with van der Waals surface area (Å²) in [6, 6.07) is 10.2. The van der Waals surface area contributed by atoms with Gasteiger partial charge in [-0.2, -0.15) is 0 Å². The van der Waals surface area contributed by atoms with Crippen LogP contribution >= 0.6 is 0 Å². The summed E-state index contributed by atoms with van der Waals surface area (Å²) in [7, 11) is 0. The summed E-state index contributed by atoms with van der Waals surface area (Å²) < 4.78 is 6.73. The van der Waals surface area contributed by atoms with Gasteiger partial charge in [-0.05, 0) is 51.1 Å². The highest BCUT2D eigenvalue weighted by Gasteiger charge is 2.39. The maximum absolute atomic E-state index is 13.1. The molecule has 158 valence electrons. The molecule has 0 saturated carbocycles. The Kier molecular flexibility index (Phi) is 5.32. The highest BCUT2D eigenvalue weighted by Crippen LogP contribution is 2.30. The number of piperidine rings is 1. The predicted molar refractivity (Wildman–Crippen MR) is 111 cm³/mol. The molecule has 2 amide bonds. The highest BCUT2D eigenvalue weighted by atomic mass is 16.6. The Morgan fingerprint density at radius 3 is 2.80 bits per heavy atom. The molecular weight excluding hydrogens is 382 g/mol. The quantitative estimate of drug-likeness (QED) is 0.699. The zero-order chi connectivity index (χ0) is 21.3. The van der Waals surface area contributed by atoms with Crippen LogP contribution in [0.25, 0.3) is 10.9 Å². The number of fused-ring (bicyclic) bond motifs is 1. The van der Waals surface area contributed by atoms with Gasteiger partial charge in [0.2, 0.25) is 11.8 Å². The maximum atomic E-state index is 13.1. The van der Waals surface area contributed by atoms with Crippen molar-refractivity contribution in [3.05, 3.63) is 47.4 Å². The van der Waals surface area contributed by atoms with Crippen LogP contribution in [0, 0.1) is 19.3 Å². The number of carbonyl (C=O) groups is 2. The van der Waals surface area contributed by atoms with E-state index in [1.807, 2.05) is 41.5 Å². The zero-order valence-corrected chi connectivity index (χ0v) is 17.6. The van der Waals surface area contributed by atoms with Crippen molar-refractivity contribution in [3.8, 4) is 0 Å². The Morgan fingerprint density at radius 1 is 1.23 bits per heavy atom. The highest BCUT2D eigenvalue weighted by molar-refractivity contribution is 5.86. The molecule has 2 aromatic heterocycles. The third kappa shape index (κ3) is 3.81. The van der Waals surface area contributed by atoms with Gasteiger partial charge in [0.15, 0.2) is 0 Å². The van der Waals surface area contributed by atoms with Crippen LogP contribution in [-0.4, -0.2) is 44.7 Å². The molecule has 3 aromatic rings. The van der Waals surface area contributed by atoms with Gasteiger partial charge in [0, 0.05) is 24.3 Å². The second-order valence-electron chi connectivity index (χ2n) is 8.39. The van der Waals surface area contributed by atoms with Crippen LogP contribution in [0.5, 0.6) is 0 Å². The standard InChI is InChI=1S/C22H27N5O3/c1-15-11-17-7-4-5-8-19(17)27(15)13-20(28)26-10-6-9-22(3,14-26)21(29)23-12-18-16(2)24-30-25-18/h4-5,7-8,11H,6,9-10,12-14H2,1-3H3,(H,23,29)/t22-/m1/s1. The average molecular weight is 409 g/mol. The SMILES string of the molecule is Cc1nonc1CNC(=O)[C@]1(C)CCCN(C(=O)Cn2c(C)cc3ccccc32)C1. The van der Waals surface area contributed by atoms with Crippen LogP contribution in [0.4, 0.5) is 0 Å². The number of likely N-dealkylation sites (tertiary alicyclic amines) is 1. The molecule has 0 spiro atoms. The van der Waals surface area contributed by atoms with Gasteiger partial charge in [-0.1, -0.05) is 28.5 Å². The molecule has 8 heteroatoms. The summed E-state index contributed by atoms with van der Waals surface area (Å²) in [5.41, 5.74) is 2.75. The van der Waals surface area contributed by atoms with Crippen molar-refractivity contribution >= 4 is 22.7 Å². The Morgan fingerprint density at radius 2 is 2.03 bits per heavy atom. The van der Waals surface area contributed by atoms with E-state index in [0.29, 0.717) is 24.5 Å². The van der Waals surface area contributed by atoms with E-state index < -0.39 is 5.41 Å². The Balaban J connectivity index is 1.43. The van der Waals surface area contributed by atoms with E-state index in [0.717, 1.165) is 29.4 Å². The summed E-state index contributed by atoms with van der Waals surface area (Å²) in [5.74, 6) is -0.0419. The van der Waals surface area contributed by atoms with Crippen LogP contribution in [0.15, 0.2) is 35.0 Å². The number of benzene rings is 1. The minimum absolute atomic E-state index is 0.0368. The summed E-state index contributed by atoms with van der Waals surface area (Å²) in [4.78, 5) is 27.8. The fourth-order valence-corrected chi connectivity index (χ4v) is 4.22. The third-order valence-corrected chi connectivity index (χ3v) is 6.07. The van der Waals surface area contributed by atoms with E-state index in [4.69, 9.17) is 0 Å². The predicted octanol–water partition coefficient (Wildman–Crippen LogP) is 2.59. The molecular formula is C22H27N5O3. The fraction of sp³-hybridized carbons (Fsp3) is 0.455. The van der Waals surface area contributed by atoms with E-state index in [1.165, 1.54) is 0 Å². The van der Waals surface area contributed by atoms with Gasteiger partial charge in [-0.3, -0.25) is 9.59 Å². The van der Waals surface area contributed by atoms with Gasteiger partial charge in [0.1, 0.15) is 17.9 Å². The second kappa shape index (κ2) is 7.93. The molecule has 1 N–H and O–H groups in total. The molecule has 1 saturated heterocycles. The van der Waals surface area contributed by atoms with Crippen LogP contribution in [-0.2, 0) is 22.7 Å². The number of nitrogens with one attached hydrogen (secondary N) is 1. The lowest BCUT2D eigenvalue weighted by Gasteiger charge is -2.39. The molecule has 4 rings (SSSR count). The smallest absolute Gasteiger partial charge is 0.242 e. The monoisotopic (exact) mass is 409 g/mol. The number of aromatic nitrogens is 3. The molecule has 1 fully saturated rings. The van der Waals surface area contributed by atoms with Gasteiger partial charge >= 0.3 is 0 Å². The number of aryl methyl sites for hydroxylation is 2. The molecule has 0 aliphatic carbocycles. The number of amides is 2.